The van der Waals surface area contributed by atoms with Crippen LogP contribution < -0.4 is 10.1 Å². The third-order valence-electron chi connectivity index (χ3n) is 2.21. The molecule has 0 fully saturated rings. The summed E-state index contributed by atoms with van der Waals surface area (Å²) in [5.41, 5.74) is 0. The van der Waals surface area contributed by atoms with Crippen LogP contribution in [0.4, 0.5) is 0 Å². The summed E-state index contributed by atoms with van der Waals surface area (Å²) in [5.74, 6) is 0.928. The van der Waals surface area contributed by atoms with E-state index in [-0.39, 0.29) is 5.25 Å². The number of ether oxygens (including phenoxy) is 1. The van der Waals surface area contributed by atoms with E-state index < -0.39 is 10.8 Å². The summed E-state index contributed by atoms with van der Waals surface area (Å²) in [7, 11) is 0.920. The summed E-state index contributed by atoms with van der Waals surface area (Å²) in [6, 6.07) is 1.96. The van der Waals surface area contributed by atoms with Gasteiger partial charge in [-0.1, -0.05) is 0 Å². The van der Waals surface area contributed by atoms with Gasteiger partial charge < -0.3 is 10.1 Å². The Morgan fingerprint density at radius 1 is 1.67 bits per heavy atom. The Bertz CT molecular complexity index is 325. The summed E-state index contributed by atoms with van der Waals surface area (Å²) >= 11 is 1.67. The average molecular weight is 247 g/mol. The first-order valence-electron chi connectivity index (χ1n) is 4.78. The maximum atomic E-state index is 11.1. The molecule has 0 aliphatic rings. The Morgan fingerprint density at radius 3 is 3.00 bits per heavy atom. The van der Waals surface area contributed by atoms with E-state index in [4.69, 9.17) is 4.74 Å². The number of hydrogen-bond acceptors (Lipinski definition) is 4. The largest absolute Gasteiger partial charge is 0.496 e. The molecule has 1 rings (SSSR count). The van der Waals surface area contributed by atoms with Crippen molar-refractivity contribution in [3.05, 3.63) is 16.3 Å². The van der Waals surface area contributed by atoms with Crippen molar-refractivity contribution in [2.24, 2.45) is 0 Å². The molecule has 0 saturated carbocycles. The highest BCUT2D eigenvalue weighted by Gasteiger charge is 2.07. The van der Waals surface area contributed by atoms with Crippen molar-refractivity contribution in [3.63, 3.8) is 0 Å². The molecule has 0 aromatic carbocycles. The van der Waals surface area contributed by atoms with Gasteiger partial charge in [0.25, 0.3) is 0 Å². The van der Waals surface area contributed by atoms with Crippen molar-refractivity contribution >= 4 is 22.1 Å². The van der Waals surface area contributed by atoms with E-state index >= 15 is 0 Å². The van der Waals surface area contributed by atoms with E-state index in [1.807, 2.05) is 18.4 Å². The topological polar surface area (TPSA) is 38.3 Å². The summed E-state index contributed by atoms with van der Waals surface area (Å²) in [5, 5.41) is 5.48. The van der Waals surface area contributed by atoms with Gasteiger partial charge in [0.1, 0.15) is 5.75 Å². The lowest BCUT2D eigenvalue weighted by molar-refractivity contribution is 0.410. The monoisotopic (exact) mass is 247 g/mol. The SMILES string of the molecule is COc1ccsc1CNCC(C)S(C)=O. The van der Waals surface area contributed by atoms with Crippen molar-refractivity contribution < 1.29 is 8.95 Å². The first-order valence-corrected chi connectivity index (χ1v) is 7.28. The second-order valence-electron chi connectivity index (χ2n) is 3.35. The average Bonchev–Trinajstić information content (AvgIpc) is 2.65. The molecule has 1 aromatic rings. The molecule has 3 nitrogen and oxygen atoms in total. The van der Waals surface area contributed by atoms with E-state index in [1.165, 1.54) is 4.88 Å². The lowest BCUT2D eigenvalue weighted by Gasteiger charge is -2.09. The Hall–Kier alpha value is -0.390. The Kier molecular flexibility index (Phi) is 5.28. The molecule has 1 N–H and O–H groups in total. The van der Waals surface area contributed by atoms with Gasteiger partial charge in [-0.15, -0.1) is 11.3 Å². The van der Waals surface area contributed by atoms with Gasteiger partial charge in [-0.2, -0.15) is 0 Å². The highest BCUT2D eigenvalue weighted by Crippen LogP contribution is 2.23. The summed E-state index contributed by atoms with van der Waals surface area (Å²) in [6.07, 6.45) is 1.73. The van der Waals surface area contributed by atoms with Crippen molar-refractivity contribution in [2.45, 2.75) is 18.7 Å². The van der Waals surface area contributed by atoms with E-state index in [9.17, 15) is 4.21 Å². The van der Waals surface area contributed by atoms with Crippen LogP contribution in [-0.4, -0.2) is 29.4 Å². The molecule has 0 aliphatic heterocycles. The molecule has 0 aliphatic carbocycles. The van der Waals surface area contributed by atoms with Crippen LogP contribution >= 0.6 is 11.3 Å². The van der Waals surface area contributed by atoms with Gasteiger partial charge in [0.2, 0.25) is 0 Å². The van der Waals surface area contributed by atoms with Crippen LogP contribution in [0.5, 0.6) is 5.75 Å². The molecular weight excluding hydrogens is 230 g/mol. The van der Waals surface area contributed by atoms with Gasteiger partial charge in [0, 0.05) is 35.4 Å². The van der Waals surface area contributed by atoms with Gasteiger partial charge in [-0.25, -0.2) is 0 Å². The highest BCUT2D eigenvalue weighted by molar-refractivity contribution is 7.84. The third kappa shape index (κ3) is 3.93. The van der Waals surface area contributed by atoms with Crippen LogP contribution in [0.3, 0.4) is 0 Å². The molecule has 0 saturated heterocycles. The standard InChI is InChI=1S/C10H17NO2S2/c1-8(15(3)12)6-11-7-10-9(13-2)4-5-14-10/h4-5,8,11H,6-7H2,1-3H3. The van der Waals surface area contributed by atoms with Crippen molar-refractivity contribution in [2.75, 3.05) is 19.9 Å². The van der Waals surface area contributed by atoms with E-state index in [0.717, 1.165) is 18.8 Å². The zero-order chi connectivity index (χ0) is 11.3. The third-order valence-corrected chi connectivity index (χ3v) is 4.41. The van der Waals surface area contributed by atoms with Crippen LogP contribution in [0.1, 0.15) is 11.8 Å². The zero-order valence-electron chi connectivity index (χ0n) is 9.28. The van der Waals surface area contributed by atoms with Crippen molar-refractivity contribution in [1.82, 2.24) is 5.32 Å². The van der Waals surface area contributed by atoms with E-state index in [0.29, 0.717) is 0 Å². The minimum atomic E-state index is -0.756. The molecule has 0 radical (unpaired) electrons. The maximum Gasteiger partial charge on any atom is 0.134 e. The van der Waals surface area contributed by atoms with Gasteiger partial charge in [-0.05, 0) is 18.4 Å². The molecule has 86 valence electrons. The zero-order valence-corrected chi connectivity index (χ0v) is 10.9. The number of hydrogen-bond donors (Lipinski definition) is 1. The molecule has 5 heteroatoms. The minimum Gasteiger partial charge on any atom is -0.496 e. The van der Waals surface area contributed by atoms with Crippen LogP contribution in [0.2, 0.25) is 0 Å². The maximum absolute atomic E-state index is 11.1. The van der Waals surface area contributed by atoms with E-state index in [1.54, 1.807) is 24.7 Å². The molecule has 0 amide bonds. The molecular formula is C10H17NO2S2. The van der Waals surface area contributed by atoms with Crippen molar-refractivity contribution in [1.29, 1.82) is 0 Å². The molecule has 2 atom stereocenters. The highest BCUT2D eigenvalue weighted by atomic mass is 32.2. The molecule has 15 heavy (non-hydrogen) atoms. The molecule has 1 aromatic heterocycles. The Morgan fingerprint density at radius 2 is 2.40 bits per heavy atom. The molecule has 0 spiro atoms. The summed E-state index contributed by atoms with van der Waals surface area (Å²) < 4.78 is 16.3. The molecule has 2 unspecified atom stereocenters. The number of methoxy groups -OCH3 is 1. The number of thiophene rings is 1. The second kappa shape index (κ2) is 6.25. The Balaban J connectivity index is 2.34. The summed E-state index contributed by atoms with van der Waals surface area (Å²) in [4.78, 5) is 1.19. The Labute approximate surface area is 97.3 Å². The van der Waals surface area contributed by atoms with Crippen molar-refractivity contribution in [3.8, 4) is 5.75 Å². The lowest BCUT2D eigenvalue weighted by atomic mass is 10.4. The van der Waals surface area contributed by atoms with Crippen LogP contribution in [0.25, 0.3) is 0 Å². The van der Waals surface area contributed by atoms with E-state index in [2.05, 4.69) is 5.32 Å². The molecule has 1 heterocycles. The lowest BCUT2D eigenvalue weighted by Crippen LogP contribution is -2.26. The minimum absolute atomic E-state index is 0.191. The first-order chi connectivity index (χ1) is 7.15. The van der Waals surface area contributed by atoms with Gasteiger partial charge in [-0.3, -0.25) is 4.21 Å². The number of nitrogens with one attached hydrogen (secondary N) is 1. The van der Waals surface area contributed by atoms with Crippen LogP contribution in [-0.2, 0) is 17.3 Å². The molecule has 0 bridgehead atoms. The fraction of sp³-hybridized carbons (Fsp3) is 0.600. The smallest absolute Gasteiger partial charge is 0.134 e. The van der Waals surface area contributed by atoms with Gasteiger partial charge in [0.05, 0.1) is 12.0 Å². The predicted molar refractivity (Wildman–Crippen MR) is 66.1 cm³/mol. The second-order valence-corrected chi connectivity index (χ2v) is 6.15. The van der Waals surface area contributed by atoms with Crippen LogP contribution in [0, 0.1) is 0 Å². The van der Waals surface area contributed by atoms with Gasteiger partial charge >= 0.3 is 0 Å². The first kappa shape index (κ1) is 12.7. The van der Waals surface area contributed by atoms with Gasteiger partial charge in [0.15, 0.2) is 0 Å². The normalized spacial score (nSPS) is 14.9. The van der Waals surface area contributed by atoms with Crippen LogP contribution in [0.15, 0.2) is 11.4 Å². The predicted octanol–water partition coefficient (Wildman–Crippen LogP) is 1.61. The number of rotatable bonds is 6. The quantitative estimate of drug-likeness (QED) is 0.830. The fourth-order valence-corrected chi connectivity index (χ4v) is 2.31. The fourth-order valence-electron chi connectivity index (χ4n) is 1.15. The summed E-state index contributed by atoms with van der Waals surface area (Å²) in [6.45, 7) is 3.53.